The number of hydrogen-bond acceptors (Lipinski definition) is 5. The Hall–Kier alpha value is -2.43. The van der Waals surface area contributed by atoms with Gasteiger partial charge in [-0.05, 0) is 30.7 Å². The molecule has 0 amide bonds. The van der Waals surface area contributed by atoms with Crippen molar-refractivity contribution in [1.29, 1.82) is 0 Å². The predicted molar refractivity (Wildman–Crippen MR) is 76.0 cm³/mol. The molecule has 0 radical (unpaired) electrons. The van der Waals surface area contributed by atoms with E-state index in [2.05, 4.69) is 6.58 Å². The molecule has 108 valence electrons. The third kappa shape index (κ3) is 4.05. The van der Waals surface area contributed by atoms with Crippen LogP contribution < -0.4 is 9.47 Å². The van der Waals surface area contributed by atoms with Gasteiger partial charge in [-0.3, -0.25) is 0 Å². The molecule has 0 saturated carbocycles. The van der Waals surface area contributed by atoms with Crippen LogP contribution in [0.3, 0.4) is 0 Å². The molecule has 0 atom stereocenters. The van der Waals surface area contributed by atoms with Gasteiger partial charge in [0.15, 0.2) is 11.5 Å². The molecule has 0 heterocycles. The fourth-order valence-corrected chi connectivity index (χ4v) is 1.44. The van der Waals surface area contributed by atoms with Gasteiger partial charge in [-0.15, -0.1) is 0 Å². The van der Waals surface area contributed by atoms with E-state index in [1.54, 1.807) is 31.2 Å². The van der Waals surface area contributed by atoms with Crippen molar-refractivity contribution >= 4 is 12.0 Å². The molecule has 0 fully saturated rings. The van der Waals surface area contributed by atoms with Gasteiger partial charge in [0.25, 0.3) is 0 Å². The van der Waals surface area contributed by atoms with Crippen LogP contribution in [0.2, 0.25) is 0 Å². The Morgan fingerprint density at radius 1 is 1.30 bits per heavy atom. The number of esters is 1. The van der Waals surface area contributed by atoms with E-state index in [1.165, 1.54) is 14.2 Å². The quantitative estimate of drug-likeness (QED) is 0.640. The predicted octanol–water partition coefficient (Wildman–Crippen LogP) is 2.54. The second-order valence-corrected chi connectivity index (χ2v) is 4.06. The highest BCUT2D eigenvalue weighted by atomic mass is 16.5. The molecule has 0 unspecified atom stereocenters. The minimum absolute atomic E-state index is 0.0548. The van der Waals surface area contributed by atoms with E-state index < -0.39 is 5.97 Å². The first-order valence-corrected chi connectivity index (χ1v) is 5.93. The van der Waals surface area contributed by atoms with Crippen molar-refractivity contribution in [3.8, 4) is 17.2 Å². The van der Waals surface area contributed by atoms with Crippen molar-refractivity contribution in [3.05, 3.63) is 35.9 Å². The van der Waals surface area contributed by atoms with Crippen molar-refractivity contribution in [2.24, 2.45) is 0 Å². The Balaban J connectivity index is 2.77. The number of phenolic OH excluding ortho intramolecular Hbond substituents is 1. The number of methoxy groups -OCH3 is 2. The van der Waals surface area contributed by atoms with Crippen molar-refractivity contribution in [3.63, 3.8) is 0 Å². The second-order valence-electron chi connectivity index (χ2n) is 4.06. The highest BCUT2D eigenvalue weighted by molar-refractivity contribution is 5.87. The van der Waals surface area contributed by atoms with Crippen LogP contribution in [0, 0.1) is 0 Å². The summed E-state index contributed by atoms with van der Waals surface area (Å²) < 4.78 is 15.0. The van der Waals surface area contributed by atoms with Gasteiger partial charge in [-0.1, -0.05) is 12.7 Å². The summed E-state index contributed by atoms with van der Waals surface area (Å²) in [7, 11) is 2.91. The maximum atomic E-state index is 11.2. The molecule has 1 rings (SSSR count). The number of carbonyl (C=O) groups is 1. The summed E-state index contributed by atoms with van der Waals surface area (Å²) in [6.45, 7) is 5.21. The Bertz CT molecular complexity index is 506. The van der Waals surface area contributed by atoms with Crippen LogP contribution in [0.1, 0.15) is 12.5 Å². The van der Waals surface area contributed by atoms with E-state index in [4.69, 9.17) is 14.2 Å². The Morgan fingerprint density at radius 2 is 1.85 bits per heavy atom. The van der Waals surface area contributed by atoms with Crippen LogP contribution in [0.25, 0.3) is 6.08 Å². The molecule has 0 spiro atoms. The first-order chi connectivity index (χ1) is 9.49. The monoisotopic (exact) mass is 278 g/mol. The van der Waals surface area contributed by atoms with Gasteiger partial charge in [-0.2, -0.15) is 0 Å². The van der Waals surface area contributed by atoms with Crippen molar-refractivity contribution in [1.82, 2.24) is 0 Å². The zero-order chi connectivity index (χ0) is 15.1. The third-order valence-electron chi connectivity index (χ3n) is 2.47. The number of aromatic hydroxyl groups is 1. The van der Waals surface area contributed by atoms with Gasteiger partial charge in [0.05, 0.1) is 14.2 Å². The molecule has 1 aromatic carbocycles. The zero-order valence-electron chi connectivity index (χ0n) is 11.8. The second kappa shape index (κ2) is 7.23. The molecular formula is C15H18O5. The van der Waals surface area contributed by atoms with Gasteiger partial charge < -0.3 is 19.3 Å². The van der Waals surface area contributed by atoms with Crippen LogP contribution in [0.15, 0.2) is 30.4 Å². The Kier molecular flexibility index (Phi) is 5.65. The van der Waals surface area contributed by atoms with Crippen LogP contribution in [-0.2, 0) is 9.53 Å². The largest absolute Gasteiger partial charge is 0.502 e. The lowest BCUT2D eigenvalue weighted by molar-refractivity contribution is -0.137. The molecule has 5 nitrogen and oxygen atoms in total. The number of carbonyl (C=O) groups excluding carboxylic acids is 1. The standard InChI is InChI=1S/C15H18O5/c1-10(2)15(17)20-7-5-6-11-8-12(18-3)14(16)13(9-11)19-4/h5-6,8-9,16H,1,7H2,2-4H3/b6-5+. The molecule has 0 bridgehead atoms. The van der Waals surface area contributed by atoms with Crippen molar-refractivity contribution in [2.45, 2.75) is 6.92 Å². The highest BCUT2D eigenvalue weighted by Gasteiger charge is 2.09. The first-order valence-electron chi connectivity index (χ1n) is 5.93. The minimum atomic E-state index is -0.435. The van der Waals surface area contributed by atoms with E-state index in [1.807, 2.05) is 0 Å². The molecule has 0 saturated heterocycles. The van der Waals surface area contributed by atoms with E-state index >= 15 is 0 Å². The first kappa shape index (κ1) is 15.6. The number of hydrogen-bond donors (Lipinski definition) is 1. The van der Waals surface area contributed by atoms with Crippen LogP contribution in [-0.4, -0.2) is 31.9 Å². The molecule has 20 heavy (non-hydrogen) atoms. The van der Waals surface area contributed by atoms with E-state index in [0.717, 1.165) is 5.56 Å². The van der Waals surface area contributed by atoms with Crippen LogP contribution in [0.5, 0.6) is 17.2 Å². The number of ether oxygens (including phenoxy) is 3. The van der Waals surface area contributed by atoms with E-state index in [0.29, 0.717) is 17.1 Å². The molecule has 0 aliphatic heterocycles. The van der Waals surface area contributed by atoms with Crippen LogP contribution >= 0.6 is 0 Å². The minimum Gasteiger partial charge on any atom is -0.502 e. The summed E-state index contributed by atoms with van der Waals surface area (Å²) >= 11 is 0. The average Bonchev–Trinajstić information content (AvgIpc) is 2.44. The van der Waals surface area contributed by atoms with Gasteiger partial charge in [0.1, 0.15) is 6.61 Å². The lowest BCUT2D eigenvalue weighted by Gasteiger charge is -2.09. The normalized spacial score (nSPS) is 10.3. The van der Waals surface area contributed by atoms with Gasteiger partial charge in [-0.25, -0.2) is 4.79 Å². The summed E-state index contributed by atoms with van der Waals surface area (Å²) in [4.78, 5) is 11.2. The van der Waals surface area contributed by atoms with Crippen molar-refractivity contribution < 1.29 is 24.1 Å². The smallest absolute Gasteiger partial charge is 0.333 e. The number of benzene rings is 1. The maximum absolute atomic E-state index is 11.2. The zero-order valence-corrected chi connectivity index (χ0v) is 11.8. The lowest BCUT2D eigenvalue weighted by Crippen LogP contribution is -2.04. The number of rotatable bonds is 6. The topological polar surface area (TPSA) is 65.0 Å². The SMILES string of the molecule is C=C(C)C(=O)OC/C=C/c1cc(OC)c(O)c(OC)c1. The molecule has 0 aromatic heterocycles. The fourth-order valence-electron chi connectivity index (χ4n) is 1.44. The highest BCUT2D eigenvalue weighted by Crippen LogP contribution is 2.37. The molecule has 1 N–H and O–H groups in total. The molecule has 5 heteroatoms. The lowest BCUT2D eigenvalue weighted by atomic mass is 10.1. The molecular weight excluding hydrogens is 260 g/mol. The van der Waals surface area contributed by atoms with Gasteiger partial charge >= 0.3 is 5.97 Å². The summed E-state index contributed by atoms with van der Waals surface area (Å²) in [6.07, 6.45) is 3.41. The fraction of sp³-hybridized carbons (Fsp3) is 0.267. The van der Waals surface area contributed by atoms with Gasteiger partial charge in [0.2, 0.25) is 5.75 Å². The van der Waals surface area contributed by atoms with Gasteiger partial charge in [0, 0.05) is 5.57 Å². The Morgan fingerprint density at radius 3 is 2.30 bits per heavy atom. The maximum Gasteiger partial charge on any atom is 0.333 e. The van der Waals surface area contributed by atoms with E-state index in [9.17, 15) is 9.90 Å². The molecule has 0 aliphatic rings. The third-order valence-corrected chi connectivity index (χ3v) is 2.47. The summed E-state index contributed by atoms with van der Waals surface area (Å²) in [6, 6.07) is 3.30. The molecule has 1 aromatic rings. The van der Waals surface area contributed by atoms with Crippen LogP contribution in [0.4, 0.5) is 0 Å². The van der Waals surface area contributed by atoms with E-state index in [-0.39, 0.29) is 12.4 Å². The average molecular weight is 278 g/mol. The number of phenols is 1. The molecule has 0 aliphatic carbocycles. The Labute approximate surface area is 118 Å². The summed E-state index contributed by atoms with van der Waals surface area (Å²) in [5, 5.41) is 9.77. The summed E-state index contributed by atoms with van der Waals surface area (Å²) in [5.74, 6) is 0.127. The van der Waals surface area contributed by atoms with Crippen molar-refractivity contribution in [2.75, 3.05) is 20.8 Å². The summed E-state index contributed by atoms with van der Waals surface area (Å²) in [5.41, 5.74) is 1.11.